The van der Waals surface area contributed by atoms with Crippen LogP contribution >= 0.6 is 0 Å². The molecule has 1 aromatic carbocycles. The molecule has 0 saturated carbocycles. The SMILES string of the molecule is CC(c1ccc2c(c1)OCCO2)C(O)C(=O)O. The number of carboxylic acids is 1. The number of rotatable bonds is 3. The molecule has 0 fully saturated rings. The average Bonchev–Trinajstić information content (AvgIpc) is 2.36. The molecular formula is C12H14O5. The Morgan fingerprint density at radius 2 is 1.94 bits per heavy atom. The van der Waals surface area contributed by atoms with Gasteiger partial charge in [0.25, 0.3) is 0 Å². The van der Waals surface area contributed by atoms with Crippen LogP contribution < -0.4 is 9.47 Å². The van der Waals surface area contributed by atoms with Crippen molar-refractivity contribution in [1.82, 2.24) is 0 Å². The molecule has 1 aliphatic rings. The lowest BCUT2D eigenvalue weighted by molar-refractivity contribution is -0.147. The summed E-state index contributed by atoms with van der Waals surface area (Å²) in [6.45, 7) is 2.65. The standard InChI is InChI=1S/C12H14O5/c1-7(11(13)12(14)15)8-2-3-9-10(6-8)17-5-4-16-9/h2-3,6-7,11,13H,4-5H2,1H3,(H,14,15). The Labute approximate surface area is 98.6 Å². The lowest BCUT2D eigenvalue weighted by Gasteiger charge is -2.21. The quantitative estimate of drug-likeness (QED) is 0.821. The van der Waals surface area contributed by atoms with E-state index in [0.29, 0.717) is 30.3 Å². The molecule has 0 aliphatic carbocycles. The molecule has 0 radical (unpaired) electrons. The van der Waals surface area contributed by atoms with Gasteiger partial charge in [-0.2, -0.15) is 0 Å². The van der Waals surface area contributed by atoms with E-state index in [9.17, 15) is 9.90 Å². The maximum absolute atomic E-state index is 10.7. The van der Waals surface area contributed by atoms with Gasteiger partial charge in [-0.3, -0.25) is 0 Å². The van der Waals surface area contributed by atoms with Crippen LogP contribution in [0.1, 0.15) is 18.4 Å². The third kappa shape index (κ3) is 2.34. The van der Waals surface area contributed by atoms with Gasteiger partial charge in [0.05, 0.1) is 0 Å². The zero-order chi connectivity index (χ0) is 12.4. The Morgan fingerprint density at radius 3 is 2.59 bits per heavy atom. The lowest BCUT2D eigenvalue weighted by Crippen LogP contribution is -2.26. The molecule has 5 heteroatoms. The fourth-order valence-electron chi connectivity index (χ4n) is 1.74. The molecule has 0 aromatic heterocycles. The van der Waals surface area contributed by atoms with Gasteiger partial charge in [-0.05, 0) is 17.7 Å². The van der Waals surface area contributed by atoms with Crippen molar-refractivity contribution in [3.8, 4) is 11.5 Å². The summed E-state index contributed by atoms with van der Waals surface area (Å²) in [6, 6.07) is 5.19. The normalized spacial score (nSPS) is 17.3. The van der Waals surface area contributed by atoms with Crippen LogP contribution in [0.15, 0.2) is 18.2 Å². The number of fused-ring (bicyclic) bond motifs is 1. The summed E-state index contributed by atoms with van der Waals surface area (Å²) in [7, 11) is 0. The monoisotopic (exact) mass is 238 g/mol. The van der Waals surface area contributed by atoms with E-state index in [1.807, 2.05) is 0 Å². The van der Waals surface area contributed by atoms with E-state index in [2.05, 4.69) is 0 Å². The molecule has 1 aliphatic heterocycles. The van der Waals surface area contributed by atoms with E-state index in [4.69, 9.17) is 14.6 Å². The lowest BCUT2D eigenvalue weighted by atomic mass is 9.95. The number of aliphatic hydroxyl groups is 1. The van der Waals surface area contributed by atoms with E-state index in [0.717, 1.165) is 0 Å². The van der Waals surface area contributed by atoms with Crippen molar-refractivity contribution in [2.75, 3.05) is 13.2 Å². The topological polar surface area (TPSA) is 76.0 Å². The Bertz CT molecular complexity index is 429. The molecular weight excluding hydrogens is 224 g/mol. The molecule has 2 N–H and O–H groups in total. The van der Waals surface area contributed by atoms with Gasteiger partial charge >= 0.3 is 5.97 Å². The molecule has 92 valence electrons. The number of benzene rings is 1. The van der Waals surface area contributed by atoms with Gasteiger partial charge in [-0.25, -0.2) is 4.79 Å². The minimum atomic E-state index is -1.42. The molecule has 0 spiro atoms. The second-order valence-corrected chi connectivity index (χ2v) is 3.97. The van der Waals surface area contributed by atoms with E-state index in [1.54, 1.807) is 25.1 Å². The fraction of sp³-hybridized carbons (Fsp3) is 0.417. The average molecular weight is 238 g/mol. The van der Waals surface area contributed by atoms with Crippen LogP contribution in [0, 0.1) is 0 Å². The minimum Gasteiger partial charge on any atom is -0.486 e. The zero-order valence-electron chi connectivity index (χ0n) is 9.42. The van der Waals surface area contributed by atoms with Crippen LogP contribution in [0.25, 0.3) is 0 Å². The smallest absolute Gasteiger partial charge is 0.333 e. The van der Waals surface area contributed by atoms with Crippen LogP contribution in [0.3, 0.4) is 0 Å². The van der Waals surface area contributed by atoms with Gasteiger partial charge in [-0.15, -0.1) is 0 Å². The maximum atomic E-state index is 10.7. The fourth-order valence-corrected chi connectivity index (χ4v) is 1.74. The number of carboxylic acid groups (broad SMARTS) is 1. The highest BCUT2D eigenvalue weighted by molar-refractivity contribution is 5.73. The largest absolute Gasteiger partial charge is 0.486 e. The van der Waals surface area contributed by atoms with E-state index in [1.165, 1.54) is 0 Å². The Kier molecular flexibility index (Phi) is 3.19. The van der Waals surface area contributed by atoms with Gasteiger partial charge in [0.15, 0.2) is 17.6 Å². The summed E-state index contributed by atoms with van der Waals surface area (Å²) >= 11 is 0. The highest BCUT2D eigenvalue weighted by atomic mass is 16.6. The molecule has 1 heterocycles. The Morgan fingerprint density at radius 1 is 1.29 bits per heavy atom. The Balaban J connectivity index is 2.24. The Hall–Kier alpha value is -1.75. The van der Waals surface area contributed by atoms with Crippen LogP contribution in [-0.4, -0.2) is 35.5 Å². The first kappa shape index (κ1) is 11.7. The molecule has 2 rings (SSSR count). The molecule has 0 bridgehead atoms. The first-order valence-electron chi connectivity index (χ1n) is 5.40. The van der Waals surface area contributed by atoms with Crippen molar-refractivity contribution in [3.63, 3.8) is 0 Å². The molecule has 2 atom stereocenters. The summed E-state index contributed by atoms with van der Waals surface area (Å²) < 4.78 is 10.8. The highest BCUT2D eigenvalue weighted by Gasteiger charge is 2.24. The maximum Gasteiger partial charge on any atom is 0.333 e. The summed E-state index contributed by atoms with van der Waals surface area (Å²) in [6.07, 6.45) is -1.42. The number of aliphatic carboxylic acids is 1. The molecule has 1 aromatic rings. The van der Waals surface area contributed by atoms with Crippen LogP contribution in [0.2, 0.25) is 0 Å². The first-order chi connectivity index (χ1) is 8.09. The second kappa shape index (κ2) is 4.63. The van der Waals surface area contributed by atoms with Crippen LogP contribution in [-0.2, 0) is 4.79 Å². The van der Waals surface area contributed by atoms with Crippen molar-refractivity contribution in [2.45, 2.75) is 18.9 Å². The number of hydrogen-bond donors (Lipinski definition) is 2. The van der Waals surface area contributed by atoms with Gasteiger partial charge in [0.2, 0.25) is 0 Å². The molecule has 0 amide bonds. The van der Waals surface area contributed by atoms with Crippen molar-refractivity contribution < 1.29 is 24.5 Å². The summed E-state index contributed by atoms with van der Waals surface area (Å²) in [5.74, 6) is -0.481. The first-order valence-corrected chi connectivity index (χ1v) is 5.40. The third-order valence-corrected chi connectivity index (χ3v) is 2.82. The highest BCUT2D eigenvalue weighted by Crippen LogP contribution is 2.33. The predicted molar refractivity (Wildman–Crippen MR) is 59.5 cm³/mol. The summed E-state index contributed by atoms with van der Waals surface area (Å²) in [4.78, 5) is 10.7. The van der Waals surface area contributed by atoms with Gasteiger partial charge in [0.1, 0.15) is 13.2 Å². The van der Waals surface area contributed by atoms with Crippen molar-refractivity contribution in [3.05, 3.63) is 23.8 Å². The van der Waals surface area contributed by atoms with Gasteiger partial charge < -0.3 is 19.7 Å². The van der Waals surface area contributed by atoms with Crippen LogP contribution in [0.4, 0.5) is 0 Å². The number of carbonyl (C=O) groups is 1. The van der Waals surface area contributed by atoms with Crippen molar-refractivity contribution in [2.24, 2.45) is 0 Å². The minimum absolute atomic E-state index is 0.478. The van der Waals surface area contributed by atoms with E-state index in [-0.39, 0.29) is 0 Å². The van der Waals surface area contributed by atoms with E-state index < -0.39 is 18.0 Å². The van der Waals surface area contributed by atoms with Gasteiger partial charge in [0, 0.05) is 5.92 Å². The van der Waals surface area contributed by atoms with Crippen molar-refractivity contribution >= 4 is 5.97 Å². The van der Waals surface area contributed by atoms with Crippen LogP contribution in [0.5, 0.6) is 11.5 Å². The van der Waals surface area contributed by atoms with Crippen molar-refractivity contribution in [1.29, 1.82) is 0 Å². The zero-order valence-corrected chi connectivity index (χ0v) is 9.42. The molecule has 0 saturated heterocycles. The number of aliphatic hydroxyl groups excluding tert-OH is 1. The molecule has 17 heavy (non-hydrogen) atoms. The summed E-state index contributed by atoms with van der Waals surface area (Å²) in [5, 5.41) is 18.2. The number of hydrogen-bond acceptors (Lipinski definition) is 4. The molecule has 2 unspecified atom stereocenters. The predicted octanol–water partition coefficient (Wildman–Crippen LogP) is 1.01. The van der Waals surface area contributed by atoms with Gasteiger partial charge in [-0.1, -0.05) is 13.0 Å². The second-order valence-electron chi connectivity index (χ2n) is 3.97. The van der Waals surface area contributed by atoms with E-state index >= 15 is 0 Å². The molecule has 5 nitrogen and oxygen atoms in total. The number of ether oxygens (including phenoxy) is 2. The third-order valence-electron chi connectivity index (χ3n) is 2.82. The summed E-state index contributed by atoms with van der Waals surface area (Å²) in [5.41, 5.74) is 0.712.